The molecule has 82 valence electrons. The molecule has 3 nitrogen and oxygen atoms in total. The van der Waals surface area contributed by atoms with Gasteiger partial charge in [-0.25, -0.2) is 0 Å². The zero-order valence-electron chi connectivity index (χ0n) is 9.36. The maximum Gasteiger partial charge on any atom is 0.123 e. The summed E-state index contributed by atoms with van der Waals surface area (Å²) in [6.07, 6.45) is 3.88. The monoisotopic (exact) mass is 207 g/mol. The van der Waals surface area contributed by atoms with Crippen LogP contribution in [0.5, 0.6) is 11.5 Å². The van der Waals surface area contributed by atoms with Gasteiger partial charge in [-0.15, -0.1) is 0 Å². The van der Waals surface area contributed by atoms with Gasteiger partial charge in [0.05, 0.1) is 14.2 Å². The standard InChI is InChI=1S/C12H17NO2/c1-9(13)4-5-10-6-11(14-2)8-12(7-10)15-3/h4-9H,13H2,1-3H3/b5-4+. The van der Waals surface area contributed by atoms with Crippen molar-refractivity contribution >= 4 is 6.08 Å². The molecule has 0 saturated carbocycles. The average Bonchev–Trinajstić information content (AvgIpc) is 2.25. The Morgan fingerprint density at radius 3 is 2.07 bits per heavy atom. The van der Waals surface area contributed by atoms with Crippen molar-refractivity contribution in [2.24, 2.45) is 5.73 Å². The van der Waals surface area contributed by atoms with Crippen LogP contribution < -0.4 is 15.2 Å². The number of ether oxygens (including phenoxy) is 2. The van der Waals surface area contributed by atoms with Crippen molar-refractivity contribution in [3.05, 3.63) is 29.8 Å². The minimum atomic E-state index is 0.0437. The summed E-state index contributed by atoms with van der Waals surface area (Å²) in [5, 5.41) is 0. The largest absolute Gasteiger partial charge is 0.497 e. The third-order valence-corrected chi connectivity index (χ3v) is 1.97. The van der Waals surface area contributed by atoms with Gasteiger partial charge < -0.3 is 15.2 Å². The van der Waals surface area contributed by atoms with E-state index in [-0.39, 0.29) is 6.04 Å². The Balaban J connectivity index is 2.96. The molecule has 0 heterocycles. The van der Waals surface area contributed by atoms with Crippen LogP contribution in [-0.2, 0) is 0 Å². The fraction of sp³-hybridized carbons (Fsp3) is 0.333. The highest BCUT2D eigenvalue weighted by atomic mass is 16.5. The lowest BCUT2D eigenvalue weighted by Crippen LogP contribution is -2.09. The van der Waals surface area contributed by atoms with Crippen molar-refractivity contribution in [3.63, 3.8) is 0 Å². The van der Waals surface area contributed by atoms with E-state index >= 15 is 0 Å². The van der Waals surface area contributed by atoms with E-state index in [0.29, 0.717) is 0 Å². The molecule has 0 aliphatic heterocycles. The molecule has 1 atom stereocenters. The van der Waals surface area contributed by atoms with E-state index in [1.54, 1.807) is 14.2 Å². The molecule has 0 fully saturated rings. The van der Waals surface area contributed by atoms with Crippen LogP contribution in [0.15, 0.2) is 24.3 Å². The predicted molar refractivity (Wildman–Crippen MR) is 62.2 cm³/mol. The van der Waals surface area contributed by atoms with Crippen LogP contribution in [0.25, 0.3) is 6.08 Å². The van der Waals surface area contributed by atoms with Crippen molar-refractivity contribution in [2.75, 3.05) is 14.2 Å². The Kier molecular flexibility index (Phi) is 4.18. The van der Waals surface area contributed by atoms with E-state index in [1.165, 1.54) is 0 Å². The molecule has 0 spiro atoms. The summed E-state index contributed by atoms with van der Waals surface area (Å²) >= 11 is 0. The van der Waals surface area contributed by atoms with Crippen LogP contribution in [0, 0.1) is 0 Å². The normalized spacial score (nSPS) is 12.8. The highest BCUT2D eigenvalue weighted by Gasteiger charge is 1.99. The summed E-state index contributed by atoms with van der Waals surface area (Å²) in [5.74, 6) is 1.55. The van der Waals surface area contributed by atoms with Crippen molar-refractivity contribution in [1.29, 1.82) is 0 Å². The van der Waals surface area contributed by atoms with Crippen molar-refractivity contribution in [3.8, 4) is 11.5 Å². The molecule has 0 bridgehead atoms. The second kappa shape index (κ2) is 5.41. The number of nitrogens with two attached hydrogens (primary N) is 1. The highest BCUT2D eigenvalue weighted by molar-refractivity contribution is 5.55. The molecule has 1 unspecified atom stereocenters. The van der Waals surface area contributed by atoms with Crippen molar-refractivity contribution < 1.29 is 9.47 Å². The quantitative estimate of drug-likeness (QED) is 0.822. The molecule has 0 saturated heterocycles. The first-order chi connectivity index (χ1) is 7.15. The Morgan fingerprint density at radius 2 is 1.67 bits per heavy atom. The number of rotatable bonds is 4. The zero-order chi connectivity index (χ0) is 11.3. The van der Waals surface area contributed by atoms with Crippen LogP contribution >= 0.6 is 0 Å². The van der Waals surface area contributed by atoms with E-state index in [1.807, 2.05) is 37.3 Å². The topological polar surface area (TPSA) is 44.5 Å². The highest BCUT2D eigenvalue weighted by Crippen LogP contribution is 2.23. The summed E-state index contributed by atoms with van der Waals surface area (Å²) in [7, 11) is 3.27. The molecule has 0 aliphatic rings. The summed E-state index contributed by atoms with van der Waals surface area (Å²) in [6, 6.07) is 5.74. The molecule has 1 rings (SSSR count). The number of methoxy groups -OCH3 is 2. The van der Waals surface area contributed by atoms with Crippen LogP contribution in [-0.4, -0.2) is 20.3 Å². The molecule has 15 heavy (non-hydrogen) atoms. The van der Waals surface area contributed by atoms with Gasteiger partial charge in [-0.05, 0) is 24.6 Å². The second-order valence-corrected chi connectivity index (χ2v) is 3.36. The lowest BCUT2D eigenvalue weighted by molar-refractivity contribution is 0.394. The first kappa shape index (κ1) is 11.6. The van der Waals surface area contributed by atoms with Gasteiger partial charge in [-0.1, -0.05) is 12.2 Å². The first-order valence-corrected chi connectivity index (χ1v) is 4.82. The molecule has 0 radical (unpaired) electrons. The molecule has 2 N–H and O–H groups in total. The van der Waals surface area contributed by atoms with Crippen LogP contribution in [0.3, 0.4) is 0 Å². The molecule has 1 aromatic carbocycles. The van der Waals surface area contributed by atoms with Gasteiger partial charge in [0.2, 0.25) is 0 Å². The molecule has 1 aromatic rings. The van der Waals surface area contributed by atoms with E-state index in [0.717, 1.165) is 17.1 Å². The Morgan fingerprint density at radius 1 is 1.13 bits per heavy atom. The first-order valence-electron chi connectivity index (χ1n) is 4.82. The number of benzene rings is 1. The molecule has 0 amide bonds. The van der Waals surface area contributed by atoms with E-state index in [4.69, 9.17) is 15.2 Å². The van der Waals surface area contributed by atoms with Crippen LogP contribution in [0.2, 0.25) is 0 Å². The van der Waals surface area contributed by atoms with Crippen molar-refractivity contribution in [2.45, 2.75) is 13.0 Å². The summed E-state index contributed by atoms with van der Waals surface area (Å²) in [6.45, 7) is 1.92. The molecular weight excluding hydrogens is 190 g/mol. The van der Waals surface area contributed by atoms with E-state index in [9.17, 15) is 0 Å². The lowest BCUT2D eigenvalue weighted by Gasteiger charge is -2.06. The molecule has 3 heteroatoms. The maximum absolute atomic E-state index is 5.63. The molecule has 0 aliphatic carbocycles. The Hall–Kier alpha value is -1.48. The zero-order valence-corrected chi connectivity index (χ0v) is 9.36. The number of hydrogen-bond acceptors (Lipinski definition) is 3. The van der Waals surface area contributed by atoms with Gasteiger partial charge in [0.1, 0.15) is 11.5 Å². The van der Waals surface area contributed by atoms with Gasteiger partial charge in [0, 0.05) is 12.1 Å². The van der Waals surface area contributed by atoms with Gasteiger partial charge >= 0.3 is 0 Å². The predicted octanol–water partition coefficient (Wildman–Crippen LogP) is 2.06. The minimum absolute atomic E-state index is 0.0437. The Bertz CT molecular complexity index is 323. The summed E-state index contributed by atoms with van der Waals surface area (Å²) in [5.41, 5.74) is 6.65. The summed E-state index contributed by atoms with van der Waals surface area (Å²) < 4.78 is 10.3. The minimum Gasteiger partial charge on any atom is -0.497 e. The smallest absolute Gasteiger partial charge is 0.123 e. The third kappa shape index (κ3) is 3.64. The lowest BCUT2D eigenvalue weighted by atomic mass is 10.1. The Labute approximate surface area is 90.5 Å². The fourth-order valence-corrected chi connectivity index (χ4v) is 1.19. The fourth-order valence-electron chi connectivity index (χ4n) is 1.19. The van der Waals surface area contributed by atoms with E-state index < -0.39 is 0 Å². The van der Waals surface area contributed by atoms with Crippen LogP contribution in [0.1, 0.15) is 12.5 Å². The molecular formula is C12H17NO2. The van der Waals surface area contributed by atoms with Gasteiger partial charge in [0.25, 0.3) is 0 Å². The maximum atomic E-state index is 5.63. The number of hydrogen-bond donors (Lipinski definition) is 1. The average molecular weight is 207 g/mol. The summed E-state index contributed by atoms with van der Waals surface area (Å²) in [4.78, 5) is 0. The second-order valence-electron chi connectivity index (χ2n) is 3.36. The van der Waals surface area contributed by atoms with Gasteiger partial charge in [-0.3, -0.25) is 0 Å². The third-order valence-electron chi connectivity index (χ3n) is 1.97. The molecule has 0 aromatic heterocycles. The van der Waals surface area contributed by atoms with E-state index in [2.05, 4.69) is 0 Å². The van der Waals surface area contributed by atoms with Gasteiger partial charge in [0.15, 0.2) is 0 Å². The van der Waals surface area contributed by atoms with Crippen LogP contribution in [0.4, 0.5) is 0 Å². The SMILES string of the molecule is COc1cc(/C=C/C(C)N)cc(OC)c1. The van der Waals surface area contributed by atoms with Crippen molar-refractivity contribution in [1.82, 2.24) is 0 Å². The van der Waals surface area contributed by atoms with Gasteiger partial charge in [-0.2, -0.15) is 0 Å².